The van der Waals surface area contributed by atoms with Crippen molar-refractivity contribution >= 4 is 11.9 Å². The van der Waals surface area contributed by atoms with Gasteiger partial charge in [-0.05, 0) is 38.7 Å². The van der Waals surface area contributed by atoms with Gasteiger partial charge >= 0.3 is 11.9 Å². The first kappa shape index (κ1) is 19.5. The summed E-state index contributed by atoms with van der Waals surface area (Å²) in [5.74, 6) is -0.515. The lowest BCUT2D eigenvalue weighted by Gasteiger charge is -2.25. The first-order chi connectivity index (χ1) is 11.8. The van der Waals surface area contributed by atoms with Crippen LogP contribution in [0.4, 0.5) is 0 Å². The van der Waals surface area contributed by atoms with Gasteiger partial charge in [0.2, 0.25) is 0 Å². The molecule has 25 heavy (non-hydrogen) atoms. The topological polar surface area (TPSA) is 52.6 Å². The third-order valence-electron chi connectivity index (χ3n) is 4.49. The molecule has 138 valence electrons. The van der Waals surface area contributed by atoms with Gasteiger partial charge in [-0.15, -0.1) is 0 Å². The van der Waals surface area contributed by atoms with Gasteiger partial charge in [0, 0.05) is 0 Å². The number of carbonyl (C=O) groups is 2. The molecule has 1 atom stereocenters. The molecule has 0 spiro atoms. The summed E-state index contributed by atoms with van der Waals surface area (Å²) < 4.78 is 10.9. The van der Waals surface area contributed by atoms with Gasteiger partial charge in [-0.3, -0.25) is 9.59 Å². The Bertz CT molecular complexity index is 553. The highest BCUT2D eigenvalue weighted by molar-refractivity contribution is 5.80. The predicted molar refractivity (Wildman–Crippen MR) is 96.8 cm³/mol. The Kier molecular flexibility index (Phi) is 7.03. The van der Waals surface area contributed by atoms with Crippen molar-refractivity contribution in [3.8, 4) is 0 Å². The Morgan fingerprint density at radius 3 is 2.36 bits per heavy atom. The summed E-state index contributed by atoms with van der Waals surface area (Å²) >= 11 is 0. The number of benzene rings is 1. The lowest BCUT2D eigenvalue weighted by atomic mass is 9.91. The Labute approximate surface area is 150 Å². The zero-order valence-corrected chi connectivity index (χ0v) is 15.6. The average molecular weight is 346 g/mol. The molecule has 0 heterocycles. The van der Waals surface area contributed by atoms with Crippen molar-refractivity contribution in [3.63, 3.8) is 0 Å². The van der Waals surface area contributed by atoms with Gasteiger partial charge in [0.25, 0.3) is 0 Å². The molecule has 0 aromatic heterocycles. The van der Waals surface area contributed by atoms with Gasteiger partial charge in [0.05, 0.1) is 12.3 Å². The van der Waals surface area contributed by atoms with E-state index in [0.717, 1.165) is 24.8 Å². The van der Waals surface area contributed by atoms with E-state index in [9.17, 15) is 9.59 Å². The molecule has 0 amide bonds. The Balaban J connectivity index is 1.91. The normalized spacial score (nSPS) is 16.4. The van der Waals surface area contributed by atoms with Crippen LogP contribution in [0, 0.1) is 11.8 Å². The third-order valence-corrected chi connectivity index (χ3v) is 4.49. The van der Waals surface area contributed by atoms with E-state index in [1.165, 1.54) is 12.8 Å². The minimum Gasteiger partial charge on any atom is -0.461 e. The van der Waals surface area contributed by atoms with Gasteiger partial charge < -0.3 is 9.47 Å². The second kappa shape index (κ2) is 9.02. The summed E-state index contributed by atoms with van der Waals surface area (Å²) in [5, 5.41) is 0. The van der Waals surface area contributed by atoms with Crippen molar-refractivity contribution < 1.29 is 19.1 Å². The fraction of sp³-hybridized carbons (Fsp3) is 0.619. The van der Waals surface area contributed by atoms with Crippen LogP contribution in [0.3, 0.4) is 0 Å². The van der Waals surface area contributed by atoms with E-state index in [4.69, 9.17) is 9.47 Å². The molecule has 0 radical (unpaired) electrons. The molecule has 1 saturated carbocycles. The number of ether oxygens (including phenoxy) is 2. The Morgan fingerprint density at radius 1 is 1.12 bits per heavy atom. The lowest BCUT2D eigenvalue weighted by molar-refractivity contribution is -0.164. The van der Waals surface area contributed by atoms with E-state index >= 15 is 0 Å². The molecule has 0 N–H and O–H groups in total. The lowest BCUT2D eigenvalue weighted by Crippen LogP contribution is -2.31. The van der Waals surface area contributed by atoms with Gasteiger partial charge in [0.1, 0.15) is 12.2 Å². The molecule has 1 aromatic carbocycles. The van der Waals surface area contributed by atoms with E-state index in [1.807, 2.05) is 51.1 Å². The highest BCUT2D eigenvalue weighted by atomic mass is 16.6. The number of rotatable bonds is 7. The first-order valence-electron chi connectivity index (χ1n) is 9.26. The summed E-state index contributed by atoms with van der Waals surface area (Å²) in [6.07, 6.45) is 5.51. The Hall–Kier alpha value is -1.84. The molecule has 1 aliphatic rings. The third kappa shape index (κ3) is 7.29. The van der Waals surface area contributed by atoms with Crippen molar-refractivity contribution in [2.45, 2.75) is 71.5 Å². The standard InChI is InChI=1S/C21H30O4/c1-21(2,3)25-20(23)18(13-16-9-7-8-10-16)14-19(22)24-15-17-11-5-4-6-12-17/h4-6,11-12,16,18H,7-10,13-15H2,1-3H3/t18-/m1/s1. The molecule has 2 rings (SSSR count). The van der Waals surface area contributed by atoms with Crippen LogP contribution in [0.2, 0.25) is 0 Å². The Morgan fingerprint density at radius 2 is 1.76 bits per heavy atom. The maximum absolute atomic E-state index is 12.5. The highest BCUT2D eigenvalue weighted by Gasteiger charge is 2.31. The molecule has 0 aliphatic heterocycles. The van der Waals surface area contributed by atoms with Crippen molar-refractivity contribution in [1.29, 1.82) is 0 Å². The molecule has 0 bridgehead atoms. The van der Waals surface area contributed by atoms with Gasteiger partial charge in [-0.2, -0.15) is 0 Å². The number of esters is 2. The molecule has 1 fully saturated rings. The van der Waals surface area contributed by atoms with Crippen LogP contribution in [-0.2, 0) is 25.7 Å². The quantitative estimate of drug-likeness (QED) is 0.674. The zero-order chi connectivity index (χ0) is 18.3. The SMILES string of the molecule is CC(C)(C)OC(=O)[C@@H](CC(=O)OCc1ccccc1)CC1CCCC1. The van der Waals surface area contributed by atoms with E-state index in [2.05, 4.69) is 0 Å². The molecule has 0 unspecified atom stereocenters. The fourth-order valence-electron chi connectivity index (χ4n) is 3.29. The predicted octanol–water partition coefficient (Wildman–Crippen LogP) is 4.66. The molecule has 1 aliphatic carbocycles. The molecule has 4 heteroatoms. The van der Waals surface area contributed by atoms with Crippen LogP contribution < -0.4 is 0 Å². The first-order valence-corrected chi connectivity index (χ1v) is 9.26. The minimum atomic E-state index is -0.543. The second-order valence-corrected chi connectivity index (χ2v) is 7.97. The van der Waals surface area contributed by atoms with E-state index in [-0.39, 0.29) is 25.0 Å². The fourth-order valence-corrected chi connectivity index (χ4v) is 3.29. The number of carbonyl (C=O) groups excluding carboxylic acids is 2. The minimum absolute atomic E-state index is 0.0955. The number of hydrogen-bond acceptors (Lipinski definition) is 4. The van der Waals surface area contributed by atoms with Crippen LogP contribution in [-0.4, -0.2) is 17.5 Å². The van der Waals surface area contributed by atoms with Crippen LogP contribution in [0.15, 0.2) is 30.3 Å². The molecular formula is C21H30O4. The van der Waals surface area contributed by atoms with Crippen LogP contribution in [0.5, 0.6) is 0 Å². The van der Waals surface area contributed by atoms with Crippen LogP contribution in [0.1, 0.15) is 64.9 Å². The van der Waals surface area contributed by atoms with Crippen molar-refractivity contribution in [1.82, 2.24) is 0 Å². The zero-order valence-electron chi connectivity index (χ0n) is 15.6. The molecule has 4 nitrogen and oxygen atoms in total. The largest absolute Gasteiger partial charge is 0.461 e. The smallest absolute Gasteiger partial charge is 0.310 e. The number of hydrogen-bond donors (Lipinski definition) is 0. The summed E-state index contributed by atoms with van der Waals surface area (Å²) in [6.45, 7) is 5.80. The average Bonchev–Trinajstić information content (AvgIpc) is 3.05. The van der Waals surface area contributed by atoms with Gasteiger partial charge in [0.15, 0.2) is 0 Å². The maximum atomic E-state index is 12.5. The molecule has 0 saturated heterocycles. The van der Waals surface area contributed by atoms with Crippen LogP contribution in [0.25, 0.3) is 0 Å². The van der Waals surface area contributed by atoms with Crippen molar-refractivity contribution in [2.24, 2.45) is 11.8 Å². The van der Waals surface area contributed by atoms with E-state index in [0.29, 0.717) is 5.92 Å². The van der Waals surface area contributed by atoms with E-state index < -0.39 is 11.5 Å². The van der Waals surface area contributed by atoms with Crippen molar-refractivity contribution in [3.05, 3.63) is 35.9 Å². The second-order valence-electron chi connectivity index (χ2n) is 7.97. The molecular weight excluding hydrogens is 316 g/mol. The van der Waals surface area contributed by atoms with Crippen LogP contribution >= 0.6 is 0 Å². The van der Waals surface area contributed by atoms with Gasteiger partial charge in [-0.25, -0.2) is 0 Å². The maximum Gasteiger partial charge on any atom is 0.310 e. The monoisotopic (exact) mass is 346 g/mol. The summed E-state index contributed by atoms with van der Waals surface area (Å²) in [4.78, 5) is 24.8. The molecule has 1 aromatic rings. The summed E-state index contributed by atoms with van der Waals surface area (Å²) in [5.41, 5.74) is 0.402. The highest BCUT2D eigenvalue weighted by Crippen LogP contribution is 2.32. The summed E-state index contributed by atoms with van der Waals surface area (Å²) in [7, 11) is 0. The van der Waals surface area contributed by atoms with Gasteiger partial charge in [-0.1, -0.05) is 56.0 Å². The van der Waals surface area contributed by atoms with E-state index in [1.54, 1.807) is 0 Å². The van der Waals surface area contributed by atoms with Crippen molar-refractivity contribution in [2.75, 3.05) is 0 Å². The summed E-state index contributed by atoms with van der Waals surface area (Å²) in [6, 6.07) is 9.57.